The smallest absolute Gasteiger partial charge is 0.376 e. The number of amides is 2. The Balaban J connectivity index is 2.03. The molecule has 0 bridgehead atoms. The Morgan fingerprint density at radius 2 is 1.88 bits per heavy atom. The molecule has 0 spiro atoms. The summed E-state index contributed by atoms with van der Waals surface area (Å²) >= 11 is 5.81. The molecule has 2 rings (SSSR count). The maximum Gasteiger partial charge on any atom is 0.423 e. The van der Waals surface area contributed by atoms with Crippen LogP contribution in [0.4, 0.5) is 13.2 Å². The Morgan fingerprint density at radius 1 is 1.31 bits per heavy atom. The molecule has 9 heteroatoms. The Bertz CT molecular complexity index is 666. The van der Waals surface area contributed by atoms with Crippen molar-refractivity contribution in [3.8, 4) is 0 Å². The summed E-state index contributed by atoms with van der Waals surface area (Å²) in [7, 11) is 1.63. The molecule has 144 valence electrons. The molecule has 1 saturated heterocycles. The molecular formula is C17H20ClF3N2O3. The van der Waals surface area contributed by atoms with Crippen LogP contribution in [-0.2, 0) is 4.79 Å². The molecule has 0 aromatic heterocycles. The van der Waals surface area contributed by atoms with Crippen molar-refractivity contribution in [2.24, 2.45) is 5.92 Å². The fourth-order valence-corrected chi connectivity index (χ4v) is 3.29. The van der Waals surface area contributed by atoms with Crippen molar-refractivity contribution in [1.29, 1.82) is 0 Å². The molecule has 1 heterocycles. The zero-order valence-electron chi connectivity index (χ0n) is 14.3. The van der Waals surface area contributed by atoms with E-state index in [1.807, 2.05) is 0 Å². The highest BCUT2D eigenvalue weighted by Gasteiger charge is 2.46. The predicted molar refractivity (Wildman–Crippen MR) is 89.8 cm³/mol. The van der Waals surface area contributed by atoms with Gasteiger partial charge in [-0.1, -0.05) is 18.5 Å². The van der Waals surface area contributed by atoms with Crippen LogP contribution >= 0.6 is 11.6 Å². The minimum atomic E-state index is -4.99. The van der Waals surface area contributed by atoms with Gasteiger partial charge in [0, 0.05) is 36.8 Å². The summed E-state index contributed by atoms with van der Waals surface area (Å²) in [5.41, 5.74) is 0.454. The van der Waals surface area contributed by atoms with E-state index >= 15 is 0 Å². The van der Waals surface area contributed by atoms with E-state index in [0.29, 0.717) is 17.0 Å². The molecule has 0 aliphatic carbocycles. The van der Waals surface area contributed by atoms with Crippen LogP contribution in [0.3, 0.4) is 0 Å². The van der Waals surface area contributed by atoms with Gasteiger partial charge in [-0.15, -0.1) is 0 Å². The number of nitrogens with zero attached hydrogens (tertiary/aromatic N) is 2. The number of carbonyl (C=O) groups is 2. The third-order valence-corrected chi connectivity index (χ3v) is 4.88. The third-order valence-electron chi connectivity index (χ3n) is 4.62. The Labute approximate surface area is 154 Å². The van der Waals surface area contributed by atoms with E-state index in [4.69, 9.17) is 16.7 Å². The number of aliphatic hydroxyl groups is 1. The van der Waals surface area contributed by atoms with Crippen molar-refractivity contribution < 1.29 is 27.9 Å². The minimum Gasteiger partial charge on any atom is -0.376 e. The monoisotopic (exact) mass is 392 g/mol. The normalized spacial score (nSPS) is 22.0. The standard InChI is InChI=1S/C17H20ClF3N2O3/c1-10-9-23(16(26)14(24)17(19,20)21)8-7-13(10)22(2)15(25)11-3-5-12(18)6-4-11/h3-6,10,13-14,24H,7-9H2,1-2H3/t10-,13+,14-/m1/s1. The predicted octanol–water partition coefficient (Wildman–Crippen LogP) is 2.57. The van der Waals surface area contributed by atoms with E-state index < -0.39 is 18.2 Å². The van der Waals surface area contributed by atoms with Crippen LogP contribution in [0, 0.1) is 5.92 Å². The van der Waals surface area contributed by atoms with Crippen LogP contribution in [0.5, 0.6) is 0 Å². The lowest BCUT2D eigenvalue weighted by Gasteiger charge is -2.41. The summed E-state index contributed by atoms with van der Waals surface area (Å²) in [6.07, 6.45) is -7.68. The van der Waals surface area contributed by atoms with Crippen LogP contribution < -0.4 is 0 Å². The molecular weight excluding hydrogens is 373 g/mol. The highest BCUT2D eigenvalue weighted by Crippen LogP contribution is 2.27. The minimum absolute atomic E-state index is 0.0366. The summed E-state index contributed by atoms with van der Waals surface area (Å²) in [5, 5.41) is 9.64. The maximum absolute atomic E-state index is 12.6. The van der Waals surface area contributed by atoms with Crippen LogP contribution in [0.15, 0.2) is 24.3 Å². The average molecular weight is 393 g/mol. The first-order valence-electron chi connectivity index (χ1n) is 8.08. The van der Waals surface area contributed by atoms with Crippen molar-refractivity contribution in [1.82, 2.24) is 9.80 Å². The van der Waals surface area contributed by atoms with Crippen molar-refractivity contribution in [3.63, 3.8) is 0 Å². The number of hydrogen-bond acceptors (Lipinski definition) is 3. The van der Waals surface area contributed by atoms with Gasteiger partial charge < -0.3 is 14.9 Å². The first-order valence-corrected chi connectivity index (χ1v) is 8.46. The number of aliphatic hydroxyl groups excluding tert-OH is 1. The van der Waals surface area contributed by atoms with Crippen LogP contribution in [-0.4, -0.2) is 65.2 Å². The number of likely N-dealkylation sites (tertiary alicyclic amines) is 1. The molecule has 1 fully saturated rings. The van der Waals surface area contributed by atoms with Gasteiger partial charge >= 0.3 is 6.18 Å². The molecule has 3 atom stereocenters. The van der Waals surface area contributed by atoms with Gasteiger partial charge in [-0.25, -0.2) is 0 Å². The topological polar surface area (TPSA) is 60.9 Å². The molecule has 1 N–H and O–H groups in total. The molecule has 1 aliphatic rings. The van der Waals surface area contributed by atoms with Crippen LogP contribution in [0.1, 0.15) is 23.7 Å². The number of alkyl halides is 3. The highest BCUT2D eigenvalue weighted by atomic mass is 35.5. The number of piperidine rings is 1. The van der Waals surface area contributed by atoms with E-state index in [1.165, 1.54) is 4.90 Å². The third kappa shape index (κ3) is 4.48. The van der Waals surface area contributed by atoms with Crippen molar-refractivity contribution >= 4 is 23.4 Å². The number of rotatable bonds is 3. The van der Waals surface area contributed by atoms with Crippen molar-refractivity contribution in [2.75, 3.05) is 20.1 Å². The lowest BCUT2D eigenvalue weighted by Crippen LogP contribution is -2.55. The Hall–Kier alpha value is -1.80. The summed E-state index contributed by atoms with van der Waals surface area (Å²) < 4.78 is 37.6. The molecule has 0 radical (unpaired) electrons. The quantitative estimate of drug-likeness (QED) is 0.860. The molecule has 0 unspecified atom stereocenters. The second kappa shape index (κ2) is 7.84. The van der Waals surface area contributed by atoms with E-state index in [2.05, 4.69) is 0 Å². The fraction of sp³-hybridized carbons (Fsp3) is 0.529. The molecule has 2 amide bonds. The largest absolute Gasteiger partial charge is 0.423 e. The summed E-state index contributed by atoms with van der Waals surface area (Å²) in [6, 6.07) is 6.18. The molecule has 26 heavy (non-hydrogen) atoms. The second-order valence-electron chi connectivity index (χ2n) is 6.48. The molecule has 1 aromatic rings. The van der Waals surface area contributed by atoms with Gasteiger partial charge in [0.15, 0.2) is 0 Å². The number of halogens is 4. The van der Waals surface area contributed by atoms with Gasteiger partial charge in [-0.05, 0) is 36.6 Å². The lowest BCUT2D eigenvalue weighted by atomic mass is 9.91. The number of benzene rings is 1. The average Bonchev–Trinajstić information content (AvgIpc) is 2.59. The lowest BCUT2D eigenvalue weighted by molar-refractivity contribution is -0.211. The van der Waals surface area contributed by atoms with E-state index in [-0.39, 0.29) is 31.0 Å². The SMILES string of the molecule is C[C@@H]1CN(C(=O)[C@@H](O)C(F)(F)F)CC[C@@H]1N(C)C(=O)c1ccc(Cl)cc1. The summed E-state index contributed by atoms with van der Waals surface area (Å²) in [5.74, 6) is -1.82. The zero-order chi connectivity index (χ0) is 19.6. The highest BCUT2D eigenvalue weighted by molar-refractivity contribution is 6.30. The van der Waals surface area contributed by atoms with Gasteiger partial charge in [-0.3, -0.25) is 9.59 Å². The maximum atomic E-state index is 12.6. The first kappa shape index (κ1) is 20.5. The summed E-state index contributed by atoms with van der Waals surface area (Å²) in [4.78, 5) is 26.9. The van der Waals surface area contributed by atoms with E-state index in [0.717, 1.165) is 4.90 Å². The van der Waals surface area contributed by atoms with Gasteiger partial charge in [0.05, 0.1) is 0 Å². The molecule has 0 saturated carbocycles. The fourth-order valence-electron chi connectivity index (χ4n) is 3.17. The van der Waals surface area contributed by atoms with Crippen LogP contribution in [0.2, 0.25) is 5.02 Å². The molecule has 1 aromatic carbocycles. The number of hydrogen-bond donors (Lipinski definition) is 1. The summed E-state index contributed by atoms with van der Waals surface area (Å²) in [6.45, 7) is 1.84. The van der Waals surface area contributed by atoms with Crippen molar-refractivity contribution in [3.05, 3.63) is 34.9 Å². The Kier molecular flexibility index (Phi) is 6.18. The second-order valence-corrected chi connectivity index (χ2v) is 6.92. The zero-order valence-corrected chi connectivity index (χ0v) is 15.1. The van der Waals surface area contributed by atoms with Crippen LogP contribution in [0.25, 0.3) is 0 Å². The number of carbonyl (C=O) groups excluding carboxylic acids is 2. The van der Waals surface area contributed by atoms with Gasteiger partial charge in [0.1, 0.15) is 0 Å². The van der Waals surface area contributed by atoms with Crippen molar-refractivity contribution in [2.45, 2.75) is 31.7 Å². The Morgan fingerprint density at radius 3 is 2.38 bits per heavy atom. The van der Waals surface area contributed by atoms with E-state index in [9.17, 15) is 22.8 Å². The first-order chi connectivity index (χ1) is 12.0. The molecule has 5 nitrogen and oxygen atoms in total. The van der Waals surface area contributed by atoms with Gasteiger partial charge in [0.2, 0.25) is 6.10 Å². The van der Waals surface area contributed by atoms with E-state index in [1.54, 1.807) is 38.2 Å². The van der Waals surface area contributed by atoms with Gasteiger partial charge in [-0.2, -0.15) is 13.2 Å². The molecule has 1 aliphatic heterocycles. The van der Waals surface area contributed by atoms with Gasteiger partial charge in [0.25, 0.3) is 11.8 Å².